The molecule has 1 N–H and O–H groups in total. The highest BCUT2D eigenvalue weighted by Gasteiger charge is 2.14. The Balaban J connectivity index is 3.32. The third kappa shape index (κ3) is 10.4. The van der Waals surface area contributed by atoms with Gasteiger partial charge in [-0.1, -0.05) is 70.8 Å². The van der Waals surface area contributed by atoms with Gasteiger partial charge in [-0.25, -0.2) is 0 Å². The highest BCUT2D eigenvalue weighted by Crippen LogP contribution is 2.16. The first-order valence-electron chi connectivity index (χ1n) is 7.56. The highest BCUT2D eigenvalue weighted by molar-refractivity contribution is 5.70. The normalized spacial score (nSPS) is 12.3. The van der Waals surface area contributed by atoms with Crippen molar-refractivity contribution in [2.24, 2.45) is 5.92 Å². The SMILES string of the molecule is C=CCC(CCCCCCCCCCC)C(=O)O. The lowest BCUT2D eigenvalue weighted by atomic mass is 9.97. The second-order valence-corrected chi connectivity index (χ2v) is 5.18. The number of allylic oxidation sites excluding steroid dienone is 1. The van der Waals surface area contributed by atoms with Gasteiger partial charge in [-0.2, -0.15) is 0 Å². The van der Waals surface area contributed by atoms with Gasteiger partial charge in [0, 0.05) is 0 Å². The van der Waals surface area contributed by atoms with Crippen LogP contribution in [0.4, 0.5) is 0 Å². The van der Waals surface area contributed by atoms with E-state index in [0.29, 0.717) is 6.42 Å². The topological polar surface area (TPSA) is 37.3 Å². The van der Waals surface area contributed by atoms with E-state index in [9.17, 15) is 4.79 Å². The predicted octanol–water partition coefficient (Wildman–Crippen LogP) is 5.18. The number of hydrogen-bond donors (Lipinski definition) is 1. The van der Waals surface area contributed by atoms with E-state index >= 15 is 0 Å². The molecule has 0 aliphatic carbocycles. The van der Waals surface area contributed by atoms with Crippen LogP contribution in [0.1, 0.15) is 77.6 Å². The maximum absolute atomic E-state index is 10.9. The van der Waals surface area contributed by atoms with E-state index in [1.807, 2.05) is 0 Å². The molecule has 0 aromatic heterocycles. The molecule has 0 aromatic carbocycles. The summed E-state index contributed by atoms with van der Waals surface area (Å²) >= 11 is 0. The first-order chi connectivity index (χ1) is 8.72. The molecule has 0 saturated carbocycles. The summed E-state index contributed by atoms with van der Waals surface area (Å²) in [4.78, 5) is 10.9. The molecule has 0 fully saturated rings. The van der Waals surface area contributed by atoms with Crippen molar-refractivity contribution in [3.8, 4) is 0 Å². The quantitative estimate of drug-likeness (QED) is 0.363. The Morgan fingerprint density at radius 1 is 1.06 bits per heavy atom. The van der Waals surface area contributed by atoms with Crippen molar-refractivity contribution in [3.05, 3.63) is 12.7 Å². The van der Waals surface area contributed by atoms with Crippen LogP contribution in [0.3, 0.4) is 0 Å². The van der Waals surface area contributed by atoms with E-state index in [2.05, 4.69) is 13.5 Å². The fourth-order valence-electron chi connectivity index (χ4n) is 2.24. The van der Waals surface area contributed by atoms with Gasteiger partial charge in [-0.05, 0) is 12.8 Å². The molecule has 1 unspecified atom stereocenters. The molecule has 0 heterocycles. The fourth-order valence-corrected chi connectivity index (χ4v) is 2.24. The minimum absolute atomic E-state index is 0.216. The van der Waals surface area contributed by atoms with Crippen LogP contribution in [0.2, 0.25) is 0 Å². The first-order valence-corrected chi connectivity index (χ1v) is 7.56. The summed E-state index contributed by atoms with van der Waals surface area (Å²) in [5.41, 5.74) is 0. The molecule has 0 saturated heterocycles. The lowest BCUT2D eigenvalue weighted by molar-refractivity contribution is -0.141. The van der Waals surface area contributed by atoms with Crippen LogP contribution in [0.25, 0.3) is 0 Å². The Kier molecular flexibility index (Phi) is 12.1. The molecule has 0 amide bonds. The molecule has 0 spiro atoms. The van der Waals surface area contributed by atoms with Gasteiger partial charge in [-0.15, -0.1) is 6.58 Å². The van der Waals surface area contributed by atoms with Crippen molar-refractivity contribution < 1.29 is 9.90 Å². The Morgan fingerprint density at radius 3 is 2.00 bits per heavy atom. The van der Waals surface area contributed by atoms with Crippen molar-refractivity contribution in [2.75, 3.05) is 0 Å². The van der Waals surface area contributed by atoms with Crippen LogP contribution in [0, 0.1) is 5.92 Å². The molecule has 18 heavy (non-hydrogen) atoms. The van der Waals surface area contributed by atoms with Crippen LogP contribution >= 0.6 is 0 Å². The maximum atomic E-state index is 10.9. The summed E-state index contributed by atoms with van der Waals surface area (Å²) in [6.45, 7) is 5.85. The molecule has 2 nitrogen and oxygen atoms in total. The summed E-state index contributed by atoms with van der Waals surface area (Å²) in [5.74, 6) is -0.887. The minimum atomic E-state index is -0.672. The van der Waals surface area contributed by atoms with Crippen LogP contribution < -0.4 is 0 Å². The second-order valence-electron chi connectivity index (χ2n) is 5.18. The molecule has 0 bridgehead atoms. The molecular formula is C16H30O2. The summed E-state index contributed by atoms with van der Waals surface area (Å²) in [7, 11) is 0. The third-order valence-electron chi connectivity index (χ3n) is 3.46. The summed E-state index contributed by atoms with van der Waals surface area (Å²) < 4.78 is 0. The zero-order chi connectivity index (χ0) is 13.6. The molecule has 2 heteroatoms. The van der Waals surface area contributed by atoms with Crippen LogP contribution in [0.15, 0.2) is 12.7 Å². The van der Waals surface area contributed by atoms with Gasteiger partial charge in [-0.3, -0.25) is 4.79 Å². The first kappa shape index (κ1) is 17.2. The van der Waals surface area contributed by atoms with Gasteiger partial charge in [0.05, 0.1) is 5.92 Å². The van der Waals surface area contributed by atoms with Gasteiger partial charge in [0.1, 0.15) is 0 Å². The number of hydrogen-bond acceptors (Lipinski definition) is 1. The van der Waals surface area contributed by atoms with Crippen molar-refractivity contribution in [3.63, 3.8) is 0 Å². The van der Waals surface area contributed by atoms with Crippen LogP contribution in [-0.4, -0.2) is 11.1 Å². The fraction of sp³-hybridized carbons (Fsp3) is 0.812. The van der Waals surface area contributed by atoms with Gasteiger partial charge in [0.15, 0.2) is 0 Å². The average molecular weight is 254 g/mol. The van der Waals surface area contributed by atoms with E-state index in [-0.39, 0.29) is 5.92 Å². The number of carboxylic acids is 1. The molecule has 106 valence electrons. The number of rotatable bonds is 13. The smallest absolute Gasteiger partial charge is 0.306 e. The van der Waals surface area contributed by atoms with Crippen molar-refractivity contribution in [1.29, 1.82) is 0 Å². The van der Waals surface area contributed by atoms with E-state index in [0.717, 1.165) is 12.8 Å². The van der Waals surface area contributed by atoms with Crippen molar-refractivity contribution in [1.82, 2.24) is 0 Å². The van der Waals surface area contributed by atoms with Crippen molar-refractivity contribution >= 4 is 5.97 Å². The molecule has 0 aromatic rings. The molecule has 0 radical (unpaired) electrons. The standard InChI is InChI=1S/C16H30O2/c1-3-5-6-7-8-9-10-11-12-14-15(13-4-2)16(17)18/h4,15H,2-3,5-14H2,1H3,(H,17,18). The average Bonchev–Trinajstić information content (AvgIpc) is 2.35. The van der Waals surface area contributed by atoms with Gasteiger partial charge < -0.3 is 5.11 Å². The zero-order valence-corrected chi connectivity index (χ0v) is 12.0. The highest BCUT2D eigenvalue weighted by atomic mass is 16.4. The maximum Gasteiger partial charge on any atom is 0.306 e. The van der Waals surface area contributed by atoms with Crippen LogP contribution in [-0.2, 0) is 4.79 Å². The molecular weight excluding hydrogens is 224 g/mol. The zero-order valence-electron chi connectivity index (χ0n) is 12.0. The number of carbonyl (C=O) groups is 1. The lowest BCUT2D eigenvalue weighted by Crippen LogP contribution is -2.12. The van der Waals surface area contributed by atoms with E-state index in [4.69, 9.17) is 5.11 Å². The second kappa shape index (κ2) is 12.7. The van der Waals surface area contributed by atoms with E-state index < -0.39 is 5.97 Å². The molecule has 1 atom stereocenters. The Hall–Kier alpha value is -0.790. The van der Waals surface area contributed by atoms with Gasteiger partial charge >= 0.3 is 5.97 Å². The molecule has 0 aliphatic rings. The van der Waals surface area contributed by atoms with Crippen molar-refractivity contribution in [2.45, 2.75) is 77.6 Å². The molecule has 0 rings (SSSR count). The van der Waals surface area contributed by atoms with Crippen LogP contribution in [0.5, 0.6) is 0 Å². The van der Waals surface area contributed by atoms with Gasteiger partial charge in [0.2, 0.25) is 0 Å². The van der Waals surface area contributed by atoms with Gasteiger partial charge in [0.25, 0.3) is 0 Å². The summed E-state index contributed by atoms with van der Waals surface area (Å²) in [6, 6.07) is 0. The number of carboxylic acid groups (broad SMARTS) is 1. The monoisotopic (exact) mass is 254 g/mol. The number of aliphatic carboxylic acids is 1. The Morgan fingerprint density at radius 2 is 1.56 bits per heavy atom. The summed E-state index contributed by atoms with van der Waals surface area (Å²) in [5, 5.41) is 8.98. The minimum Gasteiger partial charge on any atom is -0.481 e. The summed E-state index contributed by atoms with van der Waals surface area (Å²) in [6.07, 6.45) is 14.6. The third-order valence-corrected chi connectivity index (χ3v) is 3.46. The Labute approximate surface area is 112 Å². The predicted molar refractivity (Wildman–Crippen MR) is 77.8 cm³/mol. The Bertz CT molecular complexity index is 211. The molecule has 0 aliphatic heterocycles. The van der Waals surface area contributed by atoms with E-state index in [1.54, 1.807) is 6.08 Å². The lowest BCUT2D eigenvalue weighted by Gasteiger charge is -2.09. The van der Waals surface area contributed by atoms with E-state index in [1.165, 1.54) is 51.4 Å². The number of unbranched alkanes of at least 4 members (excludes halogenated alkanes) is 8. The largest absolute Gasteiger partial charge is 0.481 e.